The van der Waals surface area contributed by atoms with Crippen LogP contribution in [0.25, 0.3) is 11.0 Å². The molecule has 1 aliphatic heterocycles. The Bertz CT molecular complexity index is 1080. The third-order valence-electron chi connectivity index (χ3n) is 5.65. The van der Waals surface area contributed by atoms with E-state index in [0.29, 0.717) is 18.8 Å². The molecule has 3 aromatic rings. The molecule has 4 rings (SSSR count). The normalized spacial score (nSPS) is 16.5. The van der Waals surface area contributed by atoms with Crippen LogP contribution < -0.4 is 4.74 Å². The number of H-pyrrole nitrogens is 1. The molecule has 7 heteroatoms. The van der Waals surface area contributed by atoms with Gasteiger partial charge in [0.2, 0.25) is 10.0 Å². The number of imidazole rings is 1. The summed E-state index contributed by atoms with van der Waals surface area (Å²) in [5, 5.41) is 0. The number of piperidine rings is 1. The SMILES string of the molecule is COc1cc(C)c(C)cc1S(=O)(=O)N1CCC(c2nc3ccccc3[nH]2)CC1. The van der Waals surface area contributed by atoms with Crippen molar-refractivity contribution < 1.29 is 13.2 Å². The molecule has 148 valence electrons. The number of aromatic amines is 1. The van der Waals surface area contributed by atoms with Crippen LogP contribution in [0.4, 0.5) is 0 Å². The molecule has 1 saturated heterocycles. The van der Waals surface area contributed by atoms with E-state index in [4.69, 9.17) is 4.74 Å². The molecule has 28 heavy (non-hydrogen) atoms. The molecule has 0 unspecified atom stereocenters. The molecular weight excluding hydrogens is 374 g/mol. The third kappa shape index (κ3) is 3.29. The lowest BCUT2D eigenvalue weighted by Crippen LogP contribution is -2.38. The number of fused-ring (bicyclic) bond motifs is 1. The van der Waals surface area contributed by atoms with Crippen molar-refractivity contribution in [1.82, 2.24) is 14.3 Å². The number of ether oxygens (including phenoxy) is 1. The van der Waals surface area contributed by atoms with Gasteiger partial charge >= 0.3 is 0 Å². The van der Waals surface area contributed by atoms with Crippen molar-refractivity contribution in [3.8, 4) is 5.75 Å². The highest BCUT2D eigenvalue weighted by molar-refractivity contribution is 7.89. The number of para-hydroxylation sites is 2. The van der Waals surface area contributed by atoms with Crippen LogP contribution in [0.5, 0.6) is 5.75 Å². The summed E-state index contributed by atoms with van der Waals surface area (Å²) in [5.74, 6) is 1.59. The molecule has 0 amide bonds. The number of rotatable bonds is 4. The monoisotopic (exact) mass is 399 g/mol. The maximum Gasteiger partial charge on any atom is 0.246 e. The van der Waals surface area contributed by atoms with E-state index >= 15 is 0 Å². The zero-order chi connectivity index (χ0) is 19.9. The second-order valence-corrected chi connectivity index (χ2v) is 9.31. The maximum absolute atomic E-state index is 13.2. The predicted octanol–water partition coefficient (Wildman–Crippen LogP) is 3.76. The van der Waals surface area contributed by atoms with Crippen LogP contribution in [0.3, 0.4) is 0 Å². The number of sulfonamides is 1. The van der Waals surface area contributed by atoms with Crippen molar-refractivity contribution >= 4 is 21.1 Å². The van der Waals surface area contributed by atoms with Crippen molar-refractivity contribution in [1.29, 1.82) is 0 Å². The van der Waals surface area contributed by atoms with Crippen molar-refractivity contribution in [2.45, 2.75) is 37.5 Å². The number of nitrogens with one attached hydrogen (secondary N) is 1. The fraction of sp³-hybridized carbons (Fsp3) is 0.381. The Hall–Kier alpha value is -2.38. The van der Waals surface area contributed by atoms with Gasteiger partial charge < -0.3 is 9.72 Å². The Morgan fingerprint density at radius 2 is 1.79 bits per heavy atom. The molecular formula is C21H25N3O3S. The Kier molecular flexibility index (Phi) is 4.89. The third-order valence-corrected chi connectivity index (χ3v) is 7.57. The van der Waals surface area contributed by atoms with Crippen LogP contribution in [-0.4, -0.2) is 42.9 Å². The van der Waals surface area contributed by atoms with E-state index in [1.165, 1.54) is 7.11 Å². The van der Waals surface area contributed by atoms with Crippen LogP contribution in [0.15, 0.2) is 41.3 Å². The second-order valence-electron chi connectivity index (χ2n) is 7.40. The van der Waals surface area contributed by atoms with Crippen LogP contribution in [0.2, 0.25) is 0 Å². The van der Waals surface area contributed by atoms with Gasteiger partial charge in [0.15, 0.2) is 0 Å². The molecule has 1 N–H and O–H groups in total. The van der Waals surface area contributed by atoms with Gasteiger partial charge in [-0.15, -0.1) is 0 Å². The first kappa shape index (κ1) is 19.0. The molecule has 2 heterocycles. The maximum atomic E-state index is 13.2. The minimum absolute atomic E-state index is 0.237. The fourth-order valence-electron chi connectivity index (χ4n) is 3.80. The highest BCUT2D eigenvalue weighted by Crippen LogP contribution is 2.34. The van der Waals surface area contributed by atoms with Crippen LogP contribution in [-0.2, 0) is 10.0 Å². The van der Waals surface area contributed by atoms with Crippen LogP contribution in [0, 0.1) is 13.8 Å². The highest BCUT2D eigenvalue weighted by Gasteiger charge is 2.33. The van der Waals surface area contributed by atoms with Gasteiger partial charge in [0.1, 0.15) is 16.5 Å². The zero-order valence-electron chi connectivity index (χ0n) is 16.4. The quantitative estimate of drug-likeness (QED) is 0.725. The van der Waals surface area contributed by atoms with Crippen molar-refractivity contribution in [2.75, 3.05) is 20.2 Å². The topological polar surface area (TPSA) is 75.3 Å². The Morgan fingerprint density at radius 1 is 1.11 bits per heavy atom. The lowest BCUT2D eigenvalue weighted by molar-refractivity contribution is 0.312. The minimum atomic E-state index is -3.60. The van der Waals surface area contributed by atoms with Crippen molar-refractivity contribution in [3.63, 3.8) is 0 Å². The highest BCUT2D eigenvalue weighted by atomic mass is 32.2. The van der Waals surface area contributed by atoms with Crippen LogP contribution >= 0.6 is 0 Å². The molecule has 0 bridgehead atoms. The molecule has 1 aliphatic rings. The molecule has 0 atom stereocenters. The van der Waals surface area contributed by atoms with E-state index < -0.39 is 10.0 Å². The minimum Gasteiger partial charge on any atom is -0.495 e. The molecule has 1 aromatic heterocycles. The molecule has 0 spiro atoms. The summed E-state index contributed by atoms with van der Waals surface area (Å²) in [5.41, 5.74) is 3.93. The summed E-state index contributed by atoms with van der Waals surface area (Å²) < 4.78 is 33.4. The van der Waals surface area contributed by atoms with Crippen molar-refractivity contribution in [2.24, 2.45) is 0 Å². The molecule has 1 fully saturated rings. The number of methoxy groups -OCH3 is 1. The molecule has 0 radical (unpaired) electrons. The molecule has 0 aliphatic carbocycles. The molecule has 2 aromatic carbocycles. The molecule has 6 nitrogen and oxygen atoms in total. The number of aryl methyl sites for hydroxylation is 2. The first-order valence-electron chi connectivity index (χ1n) is 9.50. The van der Waals surface area contributed by atoms with Gasteiger partial charge in [-0.1, -0.05) is 12.1 Å². The summed E-state index contributed by atoms with van der Waals surface area (Å²) in [6.07, 6.45) is 1.48. The molecule has 0 saturated carbocycles. The Labute approximate surface area is 165 Å². The first-order valence-corrected chi connectivity index (χ1v) is 10.9. The van der Waals surface area contributed by atoms with Gasteiger partial charge in [0.25, 0.3) is 0 Å². The van der Waals surface area contributed by atoms with Gasteiger partial charge in [-0.25, -0.2) is 13.4 Å². The Morgan fingerprint density at radius 3 is 2.46 bits per heavy atom. The number of hydrogen-bond acceptors (Lipinski definition) is 4. The van der Waals surface area contributed by atoms with Gasteiger partial charge in [-0.05, 0) is 62.1 Å². The number of aromatic nitrogens is 2. The van der Waals surface area contributed by atoms with E-state index in [1.54, 1.807) is 16.4 Å². The van der Waals surface area contributed by atoms with Gasteiger partial charge in [-0.3, -0.25) is 0 Å². The number of hydrogen-bond donors (Lipinski definition) is 1. The summed E-state index contributed by atoms with van der Waals surface area (Å²) in [6, 6.07) is 11.5. The van der Waals surface area contributed by atoms with Gasteiger partial charge in [0, 0.05) is 19.0 Å². The summed E-state index contributed by atoms with van der Waals surface area (Å²) in [4.78, 5) is 8.32. The van der Waals surface area contributed by atoms with E-state index in [-0.39, 0.29) is 10.8 Å². The first-order chi connectivity index (χ1) is 13.4. The number of benzene rings is 2. The van der Waals surface area contributed by atoms with Gasteiger partial charge in [0.05, 0.1) is 18.1 Å². The lowest BCUT2D eigenvalue weighted by atomic mass is 9.97. The van der Waals surface area contributed by atoms with E-state index in [9.17, 15) is 8.42 Å². The van der Waals surface area contributed by atoms with Gasteiger partial charge in [-0.2, -0.15) is 4.31 Å². The summed E-state index contributed by atoms with van der Waals surface area (Å²) in [6.45, 7) is 4.81. The largest absolute Gasteiger partial charge is 0.495 e. The fourth-order valence-corrected chi connectivity index (χ4v) is 5.49. The number of nitrogens with zero attached hydrogens (tertiary/aromatic N) is 2. The van der Waals surface area contributed by atoms with E-state index in [0.717, 1.165) is 40.8 Å². The summed E-state index contributed by atoms with van der Waals surface area (Å²) >= 11 is 0. The average Bonchev–Trinajstić information content (AvgIpc) is 3.14. The average molecular weight is 400 g/mol. The predicted molar refractivity (Wildman–Crippen MR) is 109 cm³/mol. The van der Waals surface area contributed by atoms with Crippen molar-refractivity contribution in [3.05, 3.63) is 53.3 Å². The van der Waals surface area contributed by atoms with E-state index in [1.807, 2.05) is 38.1 Å². The zero-order valence-corrected chi connectivity index (χ0v) is 17.2. The van der Waals surface area contributed by atoms with Crippen LogP contribution in [0.1, 0.15) is 35.7 Å². The summed E-state index contributed by atoms with van der Waals surface area (Å²) in [7, 11) is -2.09. The van der Waals surface area contributed by atoms with E-state index in [2.05, 4.69) is 9.97 Å². The second kappa shape index (κ2) is 7.22. The smallest absolute Gasteiger partial charge is 0.246 e. The lowest BCUT2D eigenvalue weighted by Gasteiger charge is -2.30. The Balaban J connectivity index is 1.55. The standard InChI is InChI=1S/C21H25N3O3S/c1-14-12-19(27-3)20(13-15(14)2)28(25,26)24-10-8-16(9-11-24)21-22-17-6-4-5-7-18(17)23-21/h4-7,12-13,16H,8-11H2,1-3H3,(H,22,23).